The van der Waals surface area contributed by atoms with E-state index in [0.29, 0.717) is 12.5 Å². The summed E-state index contributed by atoms with van der Waals surface area (Å²) in [5.41, 5.74) is 0.803. The lowest BCUT2D eigenvalue weighted by Crippen LogP contribution is -2.27. The van der Waals surface area contributed by atoms with E-state index in [1.807, 2.05) is 48.7 Å². The molecule has 0 aliphatic rings. The van der Waals surface area contributed by atoms with Crippen LogP contribution in [0.3, 0.4) is 0 Å². The third kappa shape index (κ3) is 9.26. The first-order valence-electron chi connectivity index (χ1n) is 9.43. The molecule has 0 bridgehead atoms. The van der Waals surface area contributed by atoms with Crippen molar-refractivity contribution in [1.82, 2.24) is 10.3 Å². The molecule has 1 heterocycles. The summed E-state index contributed by atoms with van der Waals surface area (Å²) in [5, 5.41) is 14.5. The fourth-order valence-corrected chi connectivity index (χ4v) is 2.56. The van der Waals surface area contributed by atoms with Crippen LogP contribution >= 0.6 is 0 Å². The van der Waals surface area contributed by atoms with Gasteiger partial charge in [0.25, 0.3) is 0 Å². The second-order valence-electron chi connectivity index (χ2n) is 6.12. The number of pyridine rings is 1. The van der Waals surface area contributed by atoms with E-state index < -0.39 is 0 Å². The van der Waals surface area contributed by atoms with Gasteiger partial charge >= 0.3 is 0 Å². The molecule has 6 nitrogen and oxygen atoms in total. The molecule has 1 aromatic carbocycles. The van der Waals surface area contributed by atoms with Gasteiger partial charge < -0.3 is 10.1 Å². The van der Waals surface area contributed by atoms with E-state index in [1.54, 1.807) is 12.4 Å². The van der Waals surface area contributed by atoms with Crippen LogP contribution in [-0.4, -0.2) is 24.1 Å². The maximum Gasteiger partial charge on any atom is 0.209 e. The first-order chi connectivity index (χ1) is 13.4. The van der Waals surface area contributed by atoms with Crippen molar-refractivity contribution < 1.29 is 4.74 Å². The minimum Gasteiger partial charge on any atom is -0.494 e. The number of aliphatic imine (C=N–C) groups is 1. The van der Waals surface area contributed by atoms with Crippen molar-refractivity contribution in [3.8, 4) is 11.9 Å². The summed E-state index contributed by atoms with van der Waals surface area (Å²) in [5.74, 6) is 1.40. The van der Waals surface area contributed by atoms with Gasteiger partial charge in [0.05, 0.1) is 18.5 Å². The Kier molecular flexibility index (Phi) is 9.88. The number of para-hydroxylation sites is 1. The Morgan fingerprint density at radius 1 is 1.00 bits per heavy atom. The van der Waals surface area contributed by atoms with Gasteiger partial charge in [0.15, 0.2) is 6.19 Å². The Hall–Kier alpha value is -3.07. The average molecular weight is 365 g/mol. The first-order valence-corrected chi connectivity index (χ1v) is 9.43. The first kappa shape index (κ1) is 20.2. The number of hydrogen-bond donors (Lipinski definition) is 2. The monoisotopic (exact) mass is 365 g/mol. The van der Waals surface area contributed by atoms with Gasteiger partial charge in [0.2, 0.25) is 5.96 Å². The van der Waals surface area contributed by atoms with Gasteiger partial charge in [0, 0.05) is 12.7 Å². The smallest absolute Gasteiger partial charge is 0.209 e. The van der Waals surface area contributed by atoms with E-state index in [4.69, 9.17) is 10.00 Å². The SMILES string of the molecule is N#CNC(=NCCCCCCCCOc1ccccc1)Nc1cccnc1. The molecule has 27 heavy (non-hydrogen) atoms. The minimum atomic E-state index is 0.462. The lowest BCUT2D eigenvalue weighted by molar-refractivity contribution is 0.304. The third-order valence-electron chi connectivity index (χ3n) is 3.93. The van der Waals surface area contributed by atoms with Gasteiger partial charge in [-0.3, -0.25) is 15.3 Å². The van der Waals surface area contributed by atoms with Crippen molar-refractivity contribution in [3.05, 3.63) is 54.9 Å². The molecule has 2 aromatic rings. The lowest BCUT2D eigenvalue weighted by Gasteiger charge is -2.07. The number of ether oxygens (including phenoxy) is 1. The van der Waals surface area contributed by atoms with Crippen LogP contribution in [0.1, 0.15) is 38.5 Å². The number of nitriles is 1. The molecule has 0 atom stereocenters. The summed E-state index contributed by atoms with van der Waals surface area (Å²) in [4.78, 5) is 8.44. The Balaban J connectivity index is 1.51. The molecule has 0 saturated carbocycles. The zero-order chi connectivity index (χ0) is 19.0. The van der Waals surface area contributed by atoms with Gasteiger partial charge in [-0.15, -0.1) is 0 Å². The number of guanidine groups is 1. The Bertz CT molecular complexity index is 698. The van der Waals surface area contributed by atoms with Crippen molar-refractivity contribution in [3.63, 3.8) is 0 Å². The van der Waals surface area contributed by atoms with E-state index in [9.17, 15) is 0 Å². The molecule has 2 N–H and O–H groups in total. The summed E-state index contributed by atoms with van der Waals surface area (Å²) in [6.07, 6.45) is 12.1. The van der Waals surface area contributed by atoms with Gasteiger partial charge in [-0.05, 0) is 37.1 Å². The standard InChI is InChI=1S/C21H27N5O/c22-18-25-21(26-19-11-10-14-23-17-19)24-15-8-3-1-2-4-9-16-27-20-12-6-5-7-13-20/h5-7,10-14,17H,1-4,8-9,15-16H2,(H2,24,25,26). The van der Waals surface area contributed by atoms with E-state index in [2.05, 4.69) is 20.6 Å². The fraction of sp³-hybridized carbons (Fsp3) is 0.381. The van der Waals surface area contributed by atoms with Crippen molar-refractivity contribution in [2.45, 2.75) is 38.5 Å². The van der Waals surface area contributed by atoms with Crippen LogP contribution in [0.4, 0.5) is 5.69 Å². The van der Waals surface area contributed by atoms with Crippen molar-refractivity contribution in [2.24, 2.45) is 4.99 Å². The molecule has 0 unspecified atom stereocenters. The van der Waals surface area contributed by atoms with Crippen LogP contribution in [0.2, 0.25) is 0 Å². The predicted octanol–water partition coefficient (Wildman–Crippen LogP) is 4.34. The van der Waals surface area contributed by atoms with E-state index in [1.165, 1.54) is 19.3 Å². The molecule has 0 fully saturated rings. The summed E-state index contributed by atoms with van der Waals surface area (Å²) >= 11 is 0. The number of nitrogens with zero attached hydrogens (tertiary/aromatic N) is 3. The average Bonchev–Trinajstić information content (AvgIpc) is 2.71. The number of nitrogens with one attached hydrogen (secondary N) is 2. The highest BCUT2D eigenvalue weighted by Gasteiger charge is 1.99. The number of rotatable bonds is 11. The van der Waals surface area contributed by atoms with Gasteiger partial charge in [-0.2, -0.15) is 5.26 Å². The molecular weight excluding hydrogens is 338 g/mol. The summed E-state index contributed by atoms with van der Waals surface area (Å²) in [6.45, 7) is 1.46. The fourth-order valence-electron chi connectivity index (χ4n) is 2.56. The molecular formula is C21H27N5O. The molecule has 2 rings (SSSR count). The molecule has 1 aromatic heterocycles. The highest BCUT2D eigenvalue weighted by Crippen LogP contribution is 2.10. The maximum atomic E-state index is 8.82. The number of aromatic nitrogens is 1. The summed E-state index contributed by atoms with van der Waals surface area (Å²) < 4.78 is 5.69. The largest absolute Gasteiger partial charge is 0.494 e. The molecule has 142 valence electrons. The Morgan fingerprint density at radius 3 is 2.52 bits per heavy atom. The normalized spacial score (nSPS) is 10.9. The van der Waals surface area contributed by atoms with Crippen molar-refractivity contribution in [1.29, 1.82) is 5.26 Å². The number of benzene rings is 1. The van der Waals surface area contributed by atoms with Crippen molar-refractivity contribution in [2.75, 3.05) is 18.5 Å². The lowest BCUT2D eigenvalue weighted by atomic mass is 10.1. The van der Waals surface area contributed by atoms with E-state index >= 15 is 0 Å². The predicted molar refractivity (Wildman–Crippen MR) is 109 cm³/mol. The highest BCUT2D eigenvalue weighted by atomic mass is 16.5. The molecule has 0 amide bonds. The van der Waals surface area contributed by atoms with Crippen LogP contribution in [-0.2, 0) is 0 Å². The Morgan fingerprint density at radius 2 is 1.78 bits per heavy atom. The van der Waals surface area contributed by atoms with E-state index in [-0.39, 0.29) is 0 Å². The number of anilines is 1. The van der Waals surface area contributed by atoms with Crippen LogP contribution in [0.25, 0.3) is 0 Å². The molecule has 0 radical (unpaired) electrons. The second-order valence-corrected chi connectivity index (χ2v) is 6.12. The quantitative estimate of drug-likeness (QED) is 0.203. The van der Waals surface area contributed by atoms with Crippen molar-refractivity contribution >= 4 is 11.6 Å². The van der Waals surface area contributed by atoms with Gasteiger partial charge in [0.1, 0.15) is 5.75 Å². The zero-order valence-electron chi connectivity index (χ0n) is 15.6. The Labute approximate surface area is 161 Å². The summed E-state index contributed by atoms with van der Waals surface area (Å²) in [6, 6.07) is 13.6. The topological polar surface area (TPSA) is 82.3 Å². The van der Waals surface area contributed by atoms with E-state index in [0.717, 1.165) is 37.3 Å². The van der Waals surface area contributed by atoms with Gasteiger partial charge in [-0.25, -0.2) is 0 Å². The third-order valence-corrected chi connectivity index (χ3v) is 3.93. The van der Waals surface area contributed by atoms with Crippen LogP contribution in [0, 0.1) is 11.5 Å². The van der Waals surface area contributed by atoms with Crippen LogP contribution in [0.15, 0.2) is 59.9 Å². The number of unbranched alkanes of at least 4 members (excludes halogenated alkanes) is 5. The zero-order valence-corrected chi connectivity index (χ0v) is 15.6. The molecule has 0 saturated heterocycles. The molecule has 0 spiro atoms. The minimum absolute atomic E-state index is 0.462. The highest BCUT2D eigenvalue weighted by molar-refractivity contribution is 5.94. The molecule has 0 aliphatic heterocycles. The van der Waals surface area contributed by atoms with Gasteiger partial charge in [-0.1, -0.05) is 43.9 Å². The van der Waals surface area contributed by atoms with Crippen LogP contribution in [0.5, 0.6) is 5.75 Å². The molecule has 0 aliphatic carbocycles. The summed E-state index contributed by atoms with van der Waals surface area (Å²) in [7, 11) is 0. The number of hydrogen-bond acceptors (Lipinski definition) is 4. The van der Waals surface area contributed by atoms with Crippen LogP contribution < -0.4 is 15.4 Å². The maximum absolute atomic E-state index is 8.82. The second kappa shape index (κ2) is 13.2. The molecule has 6 heteroatoms.